The first-order valence-electron chi connectivity index (χ1n) is 10.3. The summed E-state index contributed by atoms with van der Waals surface area (Å²) in [5.41, 5.74) is 14.6. The summed E-state index contributed by atoms with van der Waals surface area (Å²) in [7, 11) is 0. The van der Waals surface area contributed by atoms with Gasteiger partial charge in [0.05, 0.1) is 5.56 Å². The van der Waals surface area contributed by atoms with Crippen LogP contribution in [0.1, 0.15) is 15.9 Å². The summed E-state index contributed by atoms with van der Waals surface area (Å²) in [6.45, 7) is 0.451. The number of nitrogens with zero attached hydrogens (tertiary/aromatic N) is 2. The number of anilines is 2. The van der Waals surface area contributed by atoms with Crippen molar-refractivity contribution in [3.05, 3.63) is 109 Å². The Hall–Kier alpha value is -4.65. The van der Waals surface area contributed by atoms with Gasteiger partial charge < -0.3 is 21.5 Å². The van der Waals surface area contributed by atoms with Gasteiger partial charge in [-0.15, -0.1) is 0 Å². The maximum atomic E-state index is 12.1. The number of carbonyl (C=O) groups excluding carboxylic acids is 1. The van der Waals surface area contributed by atoms with Crippen LogP contribution in [0, 0.1) is 0 Å². The highest BCUT2D eigenvalue weighted by molar-refractivity contribution is 6.04. The molecule has 1 heterocycles. The fourth-order valence-corrected chi connectivity index (χ4v) is 3.34. The number of aromatic nitrogens is 2. The number of hydrogen-bond donors (Lipinski definition) is 3. The number of nitrogens with two attached hydrogens (primary N) is 2. The number of nitrogen functional groups attached to an aromatic ring is 1. The predicted octanol–water partition coefficient (Wildman–Crippen LogP) is 4.79. The minimum Gasteiger partial charge on any atom is -0.457 e. The van der Waals surface area contributed by atoms with Crippen molar-refractivity contribution in [1.82, 2.24) is 9.97 Å². The third kappa shape index (κ3) is 5.34. The van der Waals surface area contributed by atoms with Gasteiger partial charge in [0.15, 0.2) is 5.78 Å². The molecule has 7 heteroatoms. The normalized spacial score (nSPS) is 10.8. The van der Waals surface area contributed by atoms with Crippen molar-refractivity contribution in [2.45, 2.75) is 6.54 Å². The lowest BCUT2D eigenvalue weighted by atomic mass is 10.1. The Morgan fingerprint density at radius 2 is 1.70 bits per heavy atom. The van der Waals surface area contributed by atoms with Crippen LogP contribution in [0.5, 0.6) is 11.5 Å². The Balaban J connectivity index is 1.53. The van der Waals surface area contributed by atoms with Gasteiger partial charge in [-0.1, -0.05) is 48.5 Å². The molecule has 164 valence electrons. The van der Waals surface area contributed by atoms with Crippen LogP contribution >= 0.6 is 0 Å². The lowest BCUT2D eigenvalue weighted by Gasteiger charge is -2.14. The van der Waals surface area contributed by atoms with Crippen molar-refractivity contribution in [3.63, 3.8) is 0 Å². The Labute approximate surface area is 191 Å². The second kappa shape index (κ2) is 10.1. The summed E-state index contributed by atoms with van der Waals surface area (Å²) >= 11 is 0. The molecule has 1 aromatic heterocycles. The van der Waals surface area contributed by atoms with E-state index in [9.17, 15) is 4.79 Å². The number of ketones is 1. The molecule has 33 heavy (non-hydrogen) atoms. The van der Waals surface area contributed by atoms with Crippen molar-refractivity contribution in [3.8, 4) is 22.6 Å². The van der Waals surface area contributed by atoms with Gasteiger partial charge in [0.1, 0.15) is 29.5 Å². The van der Waals surface area contributed by atoms with Crippen LogP contribution in [-0.2, 0) is 6.54 Å². The number of hydrogen-bond acceptors (Lipinski definition) is 7. The van der Waals surface area contributed by atoms with Gasteiger partial charge in [-0.25, -0.2) is 9.97 Å². The van der Waals surface area contributed by atoms with E-state index in [1.165, 1.54) is 18.6 Å². The Kier molecular flexibility index (Phi) is 6.61. The number of rotatable bonds is 8. The van der Waals surface area contributed by atoms with E-state index in [-0.39, 0.29) is 5.78 Å². The number of carbonyl (C=O) groups is 1. The van der Waals surface area contributed by atoms with Gasteiger partial charge in [0.25, 0.3) is 0 Å². The Morgan fingerprint density at radius 1 is 0.939 bits per heavy atom. The molecular formula is C26H23N5O2. The molecular weight excluding hydrogens is 414 g/mol. The van der Waals surface area contributed by atoms with Gasteiger partial charge in [0, 0.05) is 18.2 Å². The zero-order chi connectivity index (χ0) is 23.0. The molecule has 0 spiro atoms. The first-order chi connectivity index (χ1) is 16.1. The smallest absolute Gasteiger partial charge is 0.187 e. The lowest BCUT2D eigenvalue weighted by Crippen LogP contribution is -2.07. The average molecular weight is 438 g/mol. The fourth-order valence-electron chi connectivity index (χ4n) is 3.34. The van der Waals surface area contributed by atoms with Crippen LogP contribution in [0.2, 0.25) is 0 Å². The molecule has 3 aromatic carbocycles. The molecule has 5 N–H and O–H groups in total. The number of para-hydroxylation sites is 1. The van der Waals surface area contributed by atoms with E-state index in [1.807, 2.05) is 72.8 Å². The van der Waals surface area contributed by atoms with E-state index in [2.05, 4.69) is 15.3 Å². The molecule has 0 unspecified atom stereocenters. The zero-order valence-electron chi connectivity index (χ0n) is 17.8. The monoisotopic (exact) mass is 437 g/mol. The van der Waals surface area contributed by atoms with Gasteiger partial charge in [0.2, 0.25) is 0 Å². The third-order valence-electron chi connectivity index (χ3n) is 4.92. The molecule has 4 aromatic rings. The summed E-state index contributed by atoms with van der Waals surface area (Å²) in [5.74, 6) is 2.28. The number of ether oxygens (including phenoxy) is 1. The maximum Gasteiger partial charge on any atom is 0.187 e. The standard InChI is InChI=1S/C26H23N5O2/c27-14-13-23(32)20-6-4-5-18(15-20)16-29-26-24(25(28)30-17-31-26)19-9-11-22(12-10-19)33-21-7-2-1-3-8-21/h1-15,17H,16,27H2,(H3,28,29,30,31)/b14-13+. The predicted molar refractivity (Wildman–Crippen MR) is 130 cm³/mol. The van der Waals surface area contributed by atoms with E-state index in [0.29, 0.717) is 35.1 Å². The van der Waals surface area contributed by atoms with Crippen molar-refractivity contribution < 1.29 is 9.53 Å². The molecule has 0 atom stereocenters. The highest BCUT2D eigenvalue weighted by atomic mass is 16.5. The van der Waals surface area contributed by atoms with Crippen LogP contribution in [0.15, 0.2) is 97.5 Å². The molecule has 0 radical (unpaired) electrons. The van der Waals surface area contributed by atoms with Crippen LogP contribution in [0.25, 0.3) is 11.1 Å². The molecule has 0 fully saturated rings. The van der Waals surface area contributed by atoms with Crippen molar-refractivity contribution in [2.75, 3.05) is 11.1 Å². The van der Waals surface area contributed by atoms with Crippen molar-refractivity contribution >= 4 is 17.4 Å². The summed E-state index contributed by atoms with van der Waals surface area (Å²) in [4.78, 5) is 20.6. The highest BCUT2D eigenvalue weighted by Crippen LogP contribution is 2.33. The van der Waals surface area contributed by atoms with Crippen molar-refractivity contribution in [2.24, 2.45) is 5.73 Å². The van der Waals surface area contributed by atoms with E-state index >= 15 is 0 Å². The van der Waals surface area contributed by atoms with Crippen molar-refractivity contribution in [1.29, 1.82) is 0 Å². The Morgan fingerprint density at radius 3 is 2.45 bits per heavy atom. The number of benzene rings is 3. The van der Waals surface area contributed by atoms with E-state index in [0.717, 1.165) is 16.9 Å². The van der Waals surface area contributed by atoms with Crippen LogP contribution in [0.4, 0.5) is 11.6 Å². The number of nitrogens with one attached hydrogen (secondary N) is 1. The largest absolute Gasteiger partial charge is 0.457 e. The molecule has 0 amide bonds. The van der Waals surface area contributed by atoms with Crippen LogP contribution in [0.3, 0.4) is 0 Å². The first-order valence-corrected chi connectivity index (χ1v) is 10.3. The average Bonchev–Trinajstić information content (AvgIpc) is 2.84. The maximum absolute atomic E-state index is 12.1. The first kappa shape index (κ1) is 21.6. The molecule has 0 aliphatic carbocycles. The van der Waals surface area contributed by atoms with Gasteiger partial charge in [-0.2, -0.15) is 0 Å². The quantitative estimate of drug-likeness (QED) is 0.268. The number of allylic oxidation sites excluding steroid dienone is 1. The molecule has 4 rings (SSSR count). The van der Waals surface area contributed by atoms with Gasteiger partial charge in [-0.3, -0.25) is 4.79 Å². The molecule has 0 aliphatic rings. The van der Waals surface area contributed by atoms with Crippen LogP contribution in [-0.4, -0.2) is 15.8 Å². The zero-order valence-corrected chi connectivity index (χ0v) is 17.8. The van der Waals surface area contributed by atoms with E-state index < -0.39 is 0 Å². The third-order valence-corrected chi connectivity index (χ3v) is 4.92. The molecule has 7 nitrogen and oxygen atoms in total. The summed E-state index contributed by atoms with van der Waals surface area (Å²) < 4.78 is 5.86. The molecule has 0 saturated heterocycles. The van der Waals surface area contributed by atoms with Gasteiger partial charge >= 0.3 is 0 Å². The Bertz CT molecular complexity index is 1270. The summed E-state index contributed by atoms with van der Waals surface area (Å²) in [6.07, 6.45) is 3.99. The van der Waals surface area contributed by atoms with E-state index in [4.69, 9.17) is 16.2 Å². The second-order valence-electron chi connectivity index (χ2n) is 7.20. The second-order valence-corrected chi connectivity index (χ2v) is 7.20. The highest BCUT2D eigenvalue weighted by Gasteiger charge is 2.12. The lowest BCUT2D eigenvalue weighted by molar-refractivity contribution is 0.104. The van der Waals surface area contributed by atoms with E-state index in [1.54, 1.807) is 6.07 Å². The molecule has 0 saturated carbocycles. The SMILES string of the molecule is N/C=C/C(=O)c1cccc(CNc2ncnc(N)c2-c2ccc(Oc3ccccc3)cc2)c1. The molecule has 0 bridgehead atoms. The minimum atomic E-state index is -0.149. The van der Waals surface area contributed by atoms with Gasteiger partial charge in [-0.05, 0) is 47.7 Å². The topological polar surface area (TPSA) is 116 Å². The summed E-state index contributed by atoms with van der Waals surface area (Å²) in [5, 5.41) is 3.31. The fraction of sp³-hybridized carbons (Fsp3) is 0.0385. The summed E-state index contributed by atoms with van der Waals surface area (Å²) in [6, 6.07) is 24.5. The molecule has 0 aliphatic heterocycles. The van der Waals surface area contributed by atoms with Crippen LogP contribution < -0.4 is 21.5 Å². The minimum absolute atomic E-state index is 0.149.